The SMILES string of the molecule is CCn1nc(C)c(C2(CN)CC2(C)C)c1C. The van der Waals surface area contributed by atoms with E-state index in [1.165, 1.54) is 17.7 Å². The lowest BCUT2D eigenvalue weighted by molar-refractivity contribution is 0.498. The summed E-state index contributed by atoms with van der Waals surface area (Å²) >= 11 is 0. The molecule has 90 valence electrons. The summed E-state index contributed by atoms with van der Waals surface area (Å²) in [6, 6.07) is 0. The predicted molar refractivity (Wildman–Crippen MR) is 66.5 cm³/mol. The highest BCUT2D eigenvalue weighted by Crippen LogP contribution is 2.64. The van der Waals surface area contributed by atoms with E-state index in [9.17, 15) is 0 Å². The monoisotopic (exact) mass is 221 g/mol. The summed E-state index contributed by atoms with van der Waals surface area (Å²) < 4.78 is 2.09. The molecule has 0 bridgehead atoms. The van der Waals surface area contributed by atoms with Crippen molar-refractivity contribution in [3.63, 3.8) is 0 Å². The Balaban J connectivity index is 2.53. The van der Waals surface area contributed by atoms with Gasteiger partial charge in [0.25, 0.3) is 0 Å². The van der Waals surface area contributed by atoms with Crippen LogP contribution in [0.2, 0.25) is 0 Å². The van der Waals surface area contributed by atoms with Gasteiger partial charge in [-0.2, -0.15) is 5.10 Å². The molecule has 1 aliphatic carbocycles. The lowest BCUT2D eigenvalue weighted by Gasteiger charge is -2.19. The van der Waals surface area contributed by atoms with E-state index in [4.69, 9.17) is 5.73 Å². The molecule has 3 heteroatoms. The molecule has 0 radical (unpaired) electrons. The van der Waals surface area contributed by atoms with Crippen LogP contribution in [0.15, 0.2) is 0 Å². The second-order valence-corrected chi connectivity index (χ2v) is 5.71. The summed E-state index contributed by atoms with van der Waals surface area (Å²) in [6.07, 6.45) is 1.19. The third kappa shape index (κ3) is 1.27. The van der Waals surface area contributed by atoms with E-state index in [0.717, 1.165) is 18.8 Å². The maximum absolute atomic E-state index is 6.03. The number of rotatable bonds is 3. The van der Waals surface area contributed by atoms with Gasteiger partial charge in [0.15, 0.2) is 0 Å². The van der Waals surface area contributed by atoms with Crippen molar-refractivity contribution in [2.75, 3.05) is 6.54 Å². The van der Waals surface area contributed by atoms with Gasteiger partial charge >= 0.3 is 0 Å². The zero-order valence-electron chi connectivity index (χ0n) is 11.1. The second-order valence-electron chi connectivity index (χ2n) is 5.71. The van der Waals surface area contributed by atoms with Gasteiger partial charge in [0.05, 0.1) is 5.69 Å². The molecule has 2 rings (SSSR count). The lowest BCUT2D eigenvalue weighted by Crippen LogP contribution is -2.26. The van der Waals surface area contributed by atoms with Gasteiger partial charge in [-0.25, -0.2) is 0 Å². The van der Waals surface area contributed by atoms with Gasteiger partial charge in [-0.15, -0.1) is 0 Å². The molecular weight excluding hydrogens is 198 g/mol. The molecule has 0 saturated heterocycles. The van der Waals surface area contributed by atoms with Crippen molar-refractivity contribution in [3.8, 4) is 0 Å². The van der Waals surface area contributed by atoms with Gasteiger partial charge < -0.3 is 5.73 Å². The van der Waals surface area contributed by atoms with Crippen molar-refractivity contribution in [3.05, 3.63) is 17.0 Å². The van der Waals surface area contributed by atoms with Crippen molar-refractivity contribution in [2.45, 2.75) is 53.0 Å². The minimum absolute atomic E-state index is 0.175. The minimum Gasteiger partial charge on any atom is -0.330 e. The predicted octanol–water partition coefficient (Wildman–Crippen LogP) is 2.15. The molecule has 2 N–H and O–H groups in total. The van der Waals surface area contributed by atoms with Crippen LogP contribution in [0.25, 0.3) is 0 Å². The number of nitrogens with two attached hydrogens (primary N) is 1. The van der Waals surface area contributed by atoms with Crippen molar-refractivity contribution >= 4 is 0 Å². The molecule has 1 atom stereocenters. The summed E-state index contributed by atoms with van der Waals surface area (Å²) in [5.41, 5.74) is 10.4. The average molecular weight is 221 g/mol. The van der Waals surface area contributed by atoms with Gasteiger partial charge in [-0.05, 0) is 32.6 Å². The van der Waals surface area contributed by atoms with Gasteiger partial charge in [-0.3, -0.25) is 4.68 Å². The molecule has 0 spiro atoms. The molecule has 16 heavy (non-hydrogen) atoms. The van der Waals surface area contributed by atoms with E-state index in [0.29, 0.717) is 5.41 Å². The number of hydrogen-bond acceptors (Lipinski definition) is 2. The third-order valence-corrected chi connectivity index (χ3v) is 4.42. The first kappa shape index (κ1) is 11.6. The van der Waals surface area contributed by atoms with E-state index in [-0.39, 0.29) is 5.41 Å². The van der Waals surface area contributed by atoms with Crippen molar-refractivity contribution < 1.29 is 0 Å². The summed E-state index contributed by atoms with van der Waals surface area (Å²) in [5.74, 6) is 0. The van der Waals surface area contributed by atoms with Crippen molar-refractivity contribution in [2.24, 2.45) is 11.1 Å². The van der Waals surface area contributed by atoms with Gasteiger partial charge in [-0.1, -0.05) is 13.8 Å². The largest absolute Gasteiger partial charge is 0.330 e. The molecule has 1 fully saturated rings. The first-order valence-corrected chi connectivity index (χ1v) is 6.14. The molecule has 1 heterocycles. The quantitative estimate of drug-likeness (QED) is 0.850. The van der Waals surface area contributed by atoms with Crippen LogP contribution in [0.1, 0.15) is 44.1 Å². The van der Waals surface area contributed by atoms with E-state index < -0.39 is 0 Å². The summed E-state index contributed by atoms with van der Waals surface area (Å²) in [6.45, 7) is 12.7. The fourth-order valence-corrected chi connectivity index (χ4v) is 3.28. The molecule has 1 aromatic heterocycles. The first-order chi connectivity index (χ1) is 7.39. The topological polar surface area (TPSA) is 43.8 Å². The number of hydrogen-bond donors (Lipinski definition) is 1. The zero-order valence-corrected chi connectivity index (χ0v) is 11.1. The normalized spacial score (nSPS) is 27.1. The molecule has 0 aliphatic heterocycles. The Morgan fingerprint density at radius 1 is 1.38 bits per heavy atom. The lowest BCUT2D eigenvalue weighted by atomic mass is 9.86. The van der Waals surface area contributed by atoms with E-state index in [1.54, 1.807) is 0 Å². The standard InChI is InChI=1S/C13H23N3/c1-6-16-10(3)11(9(2)15-16)13(8-14)7-12(13,4)5/h6-8,14H2,1-5H3. The molecule has 1 unspecified atom stereocenters. The summed E-state index contributed by atoms with van der Waals surface area (Å²) in [4.78, 5) is 0. The minimum atomic E-state index is 0.175. The van der Waals surface area contributed by atoms with Crippen LogP contribution in [-0.4, -0.2) is 16.3 Å². The van der Waals surface area contributed by atoms with Crippen LogP contribution in [0.3, 0.4) is 0 Å². The van der Waals surface area contributed by atoms with E-state index in [2.05, 4.69) is 44.4 Å². The Hall–Kier alpha value is -0.830. The molecule has 1 aromatic rings. The Bertz CT molecular complexity index is 417. The van der Waals surface area contributed by atoms with Crippen LogP contribution in [0, 0.1) is 19.3 Å². The molecular formula is C13H23N3. The number of nitrogens with zero attached hydrogens (tertiary/aromatic N) is 2. The third-order valence-electron chi connectivity index (χ3n) is 4.42. The Kier molecular flexibility index (Phi) is 2.42. The molecule has 3 nitrogen and oxygen atoms in total. The second kappa shape index (κ2) is 3.33. The van der Waals surface area contributed by atoms with E-state index in [1.807, 2.05) is 0 Å². The number of aromatic nitrogens is 2. The van der Waals surface area contributed by atoms with Gasteiger partial charge in [0.2, 0.25) is 0 Å². The van der Waals surface area contributed by atoms with Crippen molar-refractivity contribution in [1.29, 1.82) is 0 Å². The van der Waals surface area contributed by atoms with Crippen molar-refractivity contribution in [1.82, 2.24) is 9.78 Å². The fourth-order valence-electron chi connectivity index (χ4n) is 3.28. The van der Waals surface area contributed by atoms with Gasteiger partial charge in [0, 0.05) is 29.8 Å². The van der Waals surface area contributed by atoms with Crippen LogP contribution in [0.4, 0.5) is 0 Å². The van der Waals surface area contributed by atoms with Gasteiger partial charge in [0.1, 0.15) is 0 Å². The molecule has 1 saturated carbocycles. The molecule has 1 aliphatic rings. The maximum Gasteiger partial charge on any atom is 0.0634 e. The van der Waals surface area contributed by atoms with Crippen LogP contribution >= 0.6 is 0 Å². The Labute approximate surface area is 98.0 Å². The highest BCUT2D eigenvalue weighted by Gasteiger charge is 2.62. The maximum atomic E-state index is 6.03. The van der Waals surface area contributed by atoms with Crippen LogP contribution < -0.4 is 5.73 Å². The zero-order chi connectivity index (χ0) is 12.1. The highest BCUT2D eigenvalue weighted by atomic mass is 15.3. The first-order valence-electron chi connectivity index (χ1n) is 6.14. The highest BCUT2D eigenvalue weighted by molar-refractivity contribution is 5.43. The summed E-state index contributed by atoms with van der Waals surface area (Å²) in [5, 5.41) is 4.61. The molecule has 0 amide bonds. The van der Waals surface area contributed by atoms with Crippen LogP contribution in [0.5, 0.6) is 0 Å². The Morgan fingerprint density at radius 2 is 1.94 bits per heavy atom. The summed E-state index contributed by atoms with van der Waals surface area (Å²) in [7, 11) is 0. The average Bonchev–Trinajstić information content (AvgIpc) is 2.64. The van der Waals surface area contributed by atoms with E-state index >= 15 is 0 Å². The molecule has 0 aromatic carbocycles. The smallest absolute Gasteiger partial charge is 0.0634 e. The Morgan fingerprint density at radius 3 is 2.25 bits per heavy atom. The number of aryl methyl sites for hydroxylation is 2. The van der Waals surface area contributed by atoms with Crippen LogP contribution in [-0.2, 0) is 12.0 Å². The fraction of sp³-hybridized carbons (Fsp3) is 0.769.